The lowest BCUT2D eigenvalue weighted by Gasteiger charge is -2.46. The van der Waals surface area contributed by atoms with Crippen molar-refractivity contribution in [2.75, 3.05) is 9.80 Å². The van der Waals surface area contributed by atoms with Gasteiger partial charge in [-0.2, -0.15) is 0 Å². The van der Waals surface area contributed by atoms with Crippen molar-refractivity contribution in [3.63, 3.8) is 0 Å². The van der Waals surface area contributed by atoms with Crippen LogP contribution in [0.4, 0.5) is 34.1 Å². The van der Waals surface area contributed by atoms with Gasteiger partial charge in [0.15, 0.2) is 0 Å². The molecule has 2 aliphatic heterocycles. The minimum Gasteiger partial charge on any atom is -0.310 e. The Kier molecular flexibility index (Phi) is 15.1. The van der Waals surface area contributed by atoms with Gasteiger partial charge in [-0.1, -0.05) is 321 Å². The Bertz CT molecular complexity index is 4050. The zero-order chi connectivity index (χ0) is 63.1. The van der Waals surface area contributed by atoms with Crippen molar-refractivity contribution >= 4 is 57.2 Å². The van der Waals surface area contributed by atoms with Gasteiger partial charge in [0.05, 0.1) is 11.4 Å². The van der Waals surface area contributed by atoms with Crippen molar-refractivity contribution in [1.29, 1.82) is 0 Å². The van der Waals surface area contributed by atoms with Crippen LogP contribution in [-0.2, 0) is 21.7 Å². The van der Waals surface area contributed by atoms with Crippen LogP contribution in [-0.4, -0.2) is 6.71 Å². The molecular formula is C88H87BN2. The Hall–Kier alpha value is -8.92. The standard InChI is InChI=1S/C88H87BN2/c1-85(2,3)68-44-34-61(35-45-68)72-30-22-31-73(62-36-46-69(47-37-62)86(4,5)6)83(72)90-78-54-65(58-24-16-13-17-25-58)42-52-76(78)89-77-53-43-66(59-26-18-14-19-27-59)55-79(77)91(81-57-67(56-80(90)82(81)89)60-28-20-15-21-29-60)84-74(63-38-48-70(49-39-63)87(7,8)9)32-23-33-75(84)64-40-50-71(51-41-64)88(10,11)12/h13-14,16-19,22-27,30-57,60H,15,20-21,28-29H2,1-12H3. The summed E-state index contributed by atoms with van der Waals surface area (Å²) in [5, 5.41) is 0. The number of hydrogen-bond acceptors (Lipinski definition) is 2. The predicted octanol–water partition coefficient (Wildman–Crippen LogP) is 23.0. The third-order valence-electron chi connectivity index (χ3n) is 20.2. The monoisotopic (exact) mass is 1180 g/mol. The summed E-state index contributed by atoms with van der Waals surface area (Å²) >= 11 is 0. The van der Waals surface area contributed by atoms with Crippen molar-refractivity contribution < 1.29 is 0 Å². The summed E-state index contributed by atoms with van der Waals surface area (Å²) in [7, 11) is 0. The van der Waals surface area contributed by atoms with Crippen LogP contribution in [0.25, 0.3) is 66.8 Å². The van der Waals surface area contributed by atoms with Crippen LogP contribution in [0.5, 0.6) is 0 Å². The van der Waals surface area contributed by atoms with Crippen molar-refractivity contribution in [3.05, 3.63) is 270 Å². The Morgan fingerprint density at radius 3 is 0.901 bits per heavy atom. The lowest BCUT2D eigenvalue weighted by Crippen LogP contribution is -2.61. The average molecular weight is 1180 g/mol. The van der Waals surface area contributed by atoms with E-state index in [0.29, 0.717) is 5.92 Å². The molecule has 1 fully saturated rings. The van der Waals surface area contributed by atoms with Gasteiger partial charge in [0, 0.05) is 45.0 Å². The van der Waals surface area contributed by atoms with Crippen LogP contribution in [0.1, 0.15) is 149 Å². The SMILES string of the molecule is CC(C)(C)c1ccc(-c2cccc(-c3ccc(C(C)(C)C)cc3)c2N2c3cc(-c4ccccc4)ccc3B3c4ccc(-c5ccccc5)cc4N(c4c(-c5ccc(C(C)(C)C)cc5)cccc4-c4ccc(C(C)(C)C)cc4)c4cc(C5CCCCC5)cc2c43)cc1. The predicted molar refractivity (Wildman–Crippen MR) is 394 cm³/mol. The maximum atomic E-state index is 2.76. The molecule has 0 saturated heterocycles. The third kappa shape index (κ3) is 11.2. The van der Waals surface area contributed by atoms with Crippen LogP contribution in [0, 0.1) is 0 Å². The molecule has 14 rings (SSSR count). The zero-order valence-corrected chi connectivity index (χ0v) is 55.7. The van der Waals surface area contributed by atoms with E-state index in [9.17, 15) is 0 Å². The molecule has 11 aromatic rings. The quantitative estimate of drug-likeness (QED) is 0.133. The summed E-state index contributed by atoms with van der Waals surface area (Å²) in [6.07, 6.45) is 6.05. The van der Waals surface area contributed by atoms with E-state index in [0.717, 1.165) is 12.8 Å². The molecule has 3 heteroatoms. The molecule has 0 radical (unpaired) electrons. The maximum absolute atomic E-state index is 2.76. The van der Waals surface area contributed by atoms with Crippen molar-refractivity contribution in [1.82, 2.24) is 0 Å². The highest BCUT2D eigenvalue weighted by atomic mass is 15.2. The highest BCUT2D eigenvalue weighted by Gasteiger charge is 2.46. The summed E-state index contributed by atoms with van der Waals surface area (Å²) < 4.78 is 0. The van der Waals surface area contributed by atoms with Gasteiger partial charge in [-0.15, -0.1) is 0 Å². The summed E-state index contributed by atoms with van der Waals surface area (Å²) in [5.41, 5.74) is 32.3. The second-order valence-corrected chi connectivity index (χ2v) is 30.4. The number of benzene rings is 11. The van der Waals surface area contributed by atoms with E-state index >= 15 is 0 Å². The number of nitrogens with zero attached hydrogens (tertiary/aromatic N) is 2. The topological polar surface area (TPSA) is 6.48 Å². The van der Waals surface area contributed by atoms with E-state index in [4.69, 9.17) is 0 Å². The van der Waals surface area contributed by atoms with Crippen LogP contribution in [0.3, 0.4) is 0 Å². The number of fused-ring (bicyclic) bond motifs is 4. The van der Waals surface area contributed by atoms with E-state index in [1.165, 1.54) is 164 Å². The molecule has 2 heterocycles. The van der Waals surface area contributed by atoms with Gasteiger partial charge in [0.25, 0.3) is 6.71 Å². The van der Waals surface area contributed by atoms with Gasteiger partial charge < -0.3 is 9.80 Å². The van der Waals surface area contributed by atoms with Crippen LogP contribution in [0.2, 0.25) is 0 Å². The molecule has 0 bridgehead atoms. The molecule has 11 aromatic carbocycles. The minimum absolute atomic E-state index is 0.000439. The lowest BCUT2D eigenvalue weighted by molar-refractivity contribution is 0.444. The van der Waals surface area contributed by atoms with E-state index < -0.39 is 0 Å². The molecule has 0 aromatic heterocycles. The maximum Gasteiger partial charge on any atom is 0.252 e. The van der Waals surface area contributed by atoms with Gasteiger partial charge in [-0.05, 0) is 153 Å². The van der Waals surface area contributed by atoms with Gasteiger partial charge >= 0.3 is 0 Å². The molecule has 91 heavy (non-hydrogen) atoms. The third-order valence-corrected chi connectivity index (χ3v) is 20.2. The Morgan fingerprint density at radius 1 is 0.286 bits per heavy atom. The van der Waals surface area contributed by atoms with Crippen LogP contribution < -0.4 is 26.2 Å². The second-order valence-electron chi connectivity index (χ2n) is 30.4. The molecular weight excluding hydrogens is 1100 g/mol. The van der Waals surface area contributed by atoms with E-state index in [-0.39, 0.29) is 28.4 Å². The molecule has 2 nitrogen and oxygen atoms in total. The van der Waals surface area contributed by atoms with Crippen LogP contribution >= 0.6 is 0 Å². The summed E-state index contributed by atoms with van der Waals surface area (Å²) in [6.45, 7) is 27.7. The van der Waals surface area contributed by atoms with Crippen molar-refractivity contribution in [2.24, 2.45) is 0 Å². The van der Waals surface area contributed by atoms with Gasteiger partial charge in [-0.3, -0.25) is 0 Å². The van der Waals surface area contributed by atoms with Gasteiger partial charge in [0.1, 0.15) is 0 Å². The molecule has 0 unspecified atom stereocenters. The number of para-hydroxylation sites is 2. The molecule has 0 spiro atoms. The molecule has 3 aliphatic rings. The lowest BCUT2D eigenvalue weighted by atomic mass is 9.33. The molecule has 1 aliphatic carbocycles. The fourth-order valence-electron chi connectivity index (χ4n) is 14.9. The number of hydrogen-bond donors (Lipinski definition) is 0. The minimum atomic E-state index is -0.113. The highest BCUT2D eigenvalue weighted by molar-refractivity contribution is 7.00. The Morgan fingerprint density at radius 2 is 0.593 bits per heavy atom. The molecule has 1 saturated carbocycles. The first-order chi connectivity index (χ1) is 43.7. The Balaban J connectivity index is 1.14. The molecule has 452 valence electrons. The first-order valence-corrected chi connectivity index (χ1v) is 33.5. The van der Waals surface area contributed by atoms with Gasteiger partial charge in [0.2, 0.25) is 0 Å². The fourth-order valence-corrected chi connectivity index (χ4v) is 14.9. The summed E-state index contributed by atoms with van der Waals surface area (Å²) in [5.74, 6) is 0.390. The highest BCUT2D eigenvalue weighted by Crippen LogP contribution is 2.55. The van der Waals surface area contributed by atoms with Crippen LogP contribution in [0.15, 0.2) is 243 Å². The average Bonchev–Trinajstić information content (AvgIpc) is 0.691. The Labute approximate surface area is 543 Å². The summed E-state index contributed by atoms with van der Waals surface area (Å²) in [4.78, 5) is 5.52. The van der Waals surface area contributed by atoms with Crippen molar-refractivity contribution in [2.45, 2.75) is 143 Å². The normalized spacial score (nSPS) is 14.3. The second kappa shape index (κ2) is 23.1. The summed E-state index contributed by atoms with van der Waals surface area (Å²) in [6, 6.07) is 94.5. The first-order valence-electron chi connectivity index (χ1n) is 33.5. The van der Waals surface area contributed by atoms with E-state index in [2.05, 4.69) is 336 Å². The van der Waals surface area contributed by atoms with Crippen molar-refractivity contribution in [3.8, 4) is 66.8 Å². The molecule has 0 amide bonds. The van der Waals surface area contributed by atoms with E-state index in [1.807, 2.05) is 0 Å². The molecule has 0 N–H and O–H groups in total. The fraction of sp³-hybridized carbons (Fsp3) is 0.250. The molecule has 0 atom stereocenters. The largest absolute Gasteiger partial charge is 0.310 e. The van der Waals surface area contributed by atoms with Gasteiger partial charge in [-0.25, -0.2) is 0 Å². The smallest absolute Gasteiger partial charge is 0.252 e. The number of rotatable bonds is 9. The zero-order valence-electron chi connectivity index (χ0n) is 55.7. The van der Waals surface area contributed by atoms with E-state index in [1.54, 1.807) is 0 Å². The number of anilines is 6. The first kappa shape index (κ1) is 59.7.